The third-order valence-electron chi connectivity index (χ3n) is 2.21. The van der Waals surface area contributed by atoms with E-state index in [9.17, 15) is 4.39 Å². The molecule has 0 spiro atoms. The van der Waals surface area contributed by atoms with Crippen molar-refractivity contribution in [2.24, 2.45) is 5.92 Å². The van der Waals surface area contributed by atoms with Gasteiger partial charge in [-0.1, -0.05) is 25.7 Å². The molecule has 0 aliphatic carbocycles. The third kappa shape index (κ3) is 4.28. The molecule has 1 heterocycles. The molecular formula is C11H18FN. The standard InChI is InChI=1S/C11H18FN/c1-10(2)4-3-7-13-8-5-11(12)6-9-13/h10-11H,5-9H2,1-2H3. The van der Waals surface area contributed by atoms with Crippen LogP contribution in [0.2, 0.25) is 0 Å². The van der Waals surface area contributed by atoms with Crippen molar-refractivity contribution in [3.63, 3.8) is 0 Å². The SMILES string of the molecule is CC(C)C#CCN1CCC(F)CC1. The minimum absolute atomic E-state index is 0.443. The van der Waals surface area contributed by atoms with Crippen molar-refractivity contribution in [2.45, 2.75) is 32.9 Å². The van der Waals surface area contributed by atoms with Crippen LogP contribution in [0.15, 0.2) is 0 Å². The van der Waals surface area contributed by atoms with E-state index in [4.69, 9.17) is 0 Å². The number of halogens is 1. The summed E-state index contributed by atoms with van der Waals surface area (Å²) >= 11 is 0. The second-order valence-electron chi connectivity index (χ2n) is 3.93. The van der Waals surface area contributed by atoms with Crippen LogP contribution in [0.25, 0.3) is 0 Å². The molecule has 0 amide bonds. The van der Waals surface area contributed by atoms with Gasteiger partial charge in [0.25, 0.3) is 0 Å². The largest absolute Gasteiger partial charge is 0.292 e. The summed E-state index contributed by atoms with van der Waals surface area (Å²) in [6.07, 6.45) is 0.793. The fraction of sp³-hybridized carbons (Fsp3) is 0.818. The van der Waals surface area contributed by atoms with Crippen LogP contribution < -0.4 is 0 Å². The molecule has 0 N–H and O–H groups in total. The maximum Gasteiger partial charge on any atom is 0.103 e. The summed E-state index contributed by atoms with van der Waals surface area (Å²) in [5.41, 5.74) is 0. The van der Waals surface area contributed by atoms with Crippen molar-refractivity contribution < 1.29 is 4.39 Å². The molecule has 1 aliphatic rings. The lowest BCUT2D eigenvalue weighted by atomic mass is 10.1. The number of rotatable bonds is 1. The Kier molecular flexibility index (Phi) is 4.24. The summed E-state index contributed by atoms with van der Waals surface area (Å²) in [7, 11) is 0. The van der Waals surface area contributed by atoms with Gasteiger partial charge in [0.05, 0.1) is 6.54 Å². The van der Waals surface area contributed by atoms with Gasteiger partial charge in [-0.05, 0) is 12.8 Å². The monoisotopic (exact) mass is 183 g/mol. The summed E-state index contributed by atoms with van der Waals surface area (Å²) in [5, 5.41) is 0. The Morgan fingerprint density at radius 3 is 2.54 bits per heavy atom. The Bertz CT molecular complexity index is 194. The number of piperidine rings is 1. The minimum atomic E-state index is -0.575. The van der Waals surface area contributed by atoms with E-state index in [0.717, 1.165) is 19.6 Å². The average molecular weight is 183 g/mol. The lowest BCUT2D eigenvalue weighted by Crippen LogP contribution is -2.34. The first-order valence-electron chi connectivity index (χ1n) is 5.03. The number of hydrogen-bond acceptors (Lipinski definition) is 1. The topological polar surface area (TPSA) is 3.24 Å². The fourth-order valence-corrected chi connectivity index (χ4v) is 1.42. The van der Waals surface area contributed by atoms with E-state index in [1.54, 1.807) is 0 Å². The van der Waals surface area contributed by atoms with Gasteiger partial charge in [-0.2, -0.15) is 0 Å². The summed E-state index contributed by atoms with van der Waals surface area (Å²) in [6, 6.07) is 0. The zero-order valence-corrected chi connectivity index (χ0v) is 8.52. The van der Waals surface area contributed by atoms with Crippen molar-refractivity contribution in [3.05, 3.63) is 0 Å². The van der Waals surface area contributed by atoms with Gasteiger partial charge in [-0.25, -0.2) is 4.39 Å². The lowest BCUT2D eigenvalue weighted by molar-refractivity contribution is 0.164. The Hall–Kier alpha value is -0.550. The number of hydrogen-bond donors (Lipinski definition) is 0. The van der Waals surface area contributed by atoms with Crippen LogP contribution in [0.4, 0.5) is 4.39 Å². The second kappa shape index (κ2) is 5.24. The Labute approximate surface area is 80.3 Å². The molecule has 0 radical (unpaired) electrons. The molecule has 0 atom stereocenters. The first-order chi connectivity index (χ1) is 6.18. The first kappa shape index (κ1) is 10.5. The number of nitrogens with zero attached hydrogens (tertiary/aromatic N) is 1. The van der Waals surface area contributed by atoms with Crippen molar-refractivity contribution >= 4 is 0 Å². The summed E-state index contributed by atoms with van der Waals surface area (Å²) in [5.74, 6) is 6.68. The van der Waals surface area contributed by atoms with E-state index >= 15 is 0 Å². The van der Waals surface area contributed by atoms with Crippen LogP contribution in [-0.4, -0.2) is 30.7 Å². The molecule has 0 bridgehead atoms. The molecule has 1 nitrogen and oxygen atoms in total. The molecule has 0 aromatic heterocycles. The highest BCUT2D eigenvalue weighted by atomic mass is 19.1. The van der Waals surface area contributed by atoms with Crippen LogP contribution >= 0.6 is 0 Å². The summed E-state index contributed by atoms with van der Waals surface area (Å²) in [6.45, 7) is 6.72. The second-order valence-corrected chi connectivity index (χ2v) is 3.93. The molecule has 0 unspecified atom stereocenters. The molecular weight excluding hydrogens is 165 g/mol. The highest BCUT2D eigenvalue weighted by Gasteiger charge is 2.16. The van der Waals surface area contributed by atoms with Crippen LogP contribution in [0.5, 0.6) is 0 Å². The molecule has 13 heavy (non-hydrogen) atoms. The van der Waals surface area contributed by atoms with Gasteiger partial charge in [-0.3, -0.25) is 4.90 Å². The molecule has 0 aromatic carbocycles. The van der Waals surface area contributed by atoms with Gasteiger partial charge in [-0.15, -0.1) is 0 Å². The predicted octanol–water partition coefficient (Wildman–Crippen LogP) is 2.08. The molecule has 1 aliphatic heterocycles. The average Bonchev–Trinajstić information content (AvgIpc) is 2.08. The maximum absolute atomic E-state index is 12.7. The van der Waals surface area contributed by atoms with Crippen molar-refractivity contribution in [2.75, 3.05) is 19.6 Å². The van der Waals surface area contributed by atoms with Crippen LogP contribution in [0.3, 0.4) is 0 Å². The highest BCUT2D eigenvalue weighted by molar-refractivity contribution is 5.03. The van der Waals surface area contributed by atoms with E-state index in [1.165, 1.54) is 0 Å². The van der Waals surface area contributed by atoms with Crippen molar-refractivity contribution in [3.8, 4) is 11.8 Å². The molecule has 1 fully saturated rings. The molecule has 74 valence electrons. The first-order valence-corrected chi connectivity index (χ1v) is 5.03. The lowest BCUT2D eigenvalue weighted by Gasteiger charge is -2.26. The van der Waals surface area contributed by atoms with Gasteiger partial charge in [0.15, 0.2) is 0 Å². The van der Waals surface area contributed by atoms with E-state index < -0.39 is 6.17 Å². The van der Waals surface area contributed by atoms with E-state index in [1.807, 2.05) is 0 Å². The maximum atomic E-state index is 12.7. The zero-order chi connectivity index (χ0) is 9.68. The predicted molar refractivity (Wildman–Crippen MR) is 53.2 cm³/mol. The summed E-state index contributed by atoms with van der Waals surface area (Å²) < 4.78 is 12.7. The van der Waals surface area contributed by atoms with Crippen molar-refractivity contribution in [1.29, 1.82) is 0 Å². The van der Waals surface area contributed by atoms with Gasteiger partial charge in [0.1, 0.15) is 6.17 Å². The summed E-state index contributed by atoms with van der Waals surface area (Å²) in [4.78, 5) is 2.23. The third-order valence-corrected chi connectivity index (χ3v) is 2.21. The molecule has 1 rings (SSSR count). The number of alkyl halides is 1. The quantitative estimate of drug-likeness (QED) is 0.563. The van der Waals surface area contributed by atoms with Gasteiger partial charge in [0.2, 0.25) is 0 Å². The smallest absolute Gasteiger partial charge is 0.103 e. The zero-order valence-electron chi connectivity index (χ0n) is 8.52. The van der Waals surface area contributed by atoms with Gasteiger partial charge < -0.3 is 0 Å². The normalized spacial score (nSPS) is 20.0. The van der Waals surface area contributed by atoms with E-state index in [0.29, 0.717) is 18.8 Å². The van der Waals surface area contributed by atoms with Crippen LogP contribution in [0, 0.1) is 17.8 Å². The Morgan fingerprint density at radius 1 is 1.38 bits per heavy atom. The van der Waals surface area contributed by atoms with Gasteiger partial charge >= 0.3 is 0 Å². The minimum Gasteiger partial charge on any atom is -0.292 e. The Morgan fingerprint density at radius 2 is 2.00 bits per heavy atom. The Balaban J connectivity index is 2.20. The molecule has 0 saturated carbocycles. The molecule has 0 aromatic rings. The van der Waals surface area contributed by atoms with Gasteiger partial charge in [0, 0.05) is 19.0 Å². The molecule has 1 saturated heterocycles. The fourth-order valence-electron chi connectivity index (χ4n) is 1.42. The molecule has 2 heteroatoms. The van der Waals surface area contributed by atoms with E-state index in [2.05, 4.69) is 30.6 Å². The van der Waals surface area contributed by atoms with Crippen LogP contribution in [-0.2, 0) is 0 Å². The van der Waals surface area contributed by atoms with Crippen molar-refractivity contribution in [1.82, 2.24) is 4.90 Å². The number of likely N-dealkylation sites (tertiary alicyclic amines) is 1. The van der Waals surface area contributed by atoms with E-state index in [-0.39, 0.29) is 0 Å². The highest BCUT2D eigenvalue weighted by Crippen LogP contribution is 2.12. The van der Waals surface area contributed by atoms with Crippen LogP contribution in [0.1, 0.15) is 26.7 Å².